The Kier molecular flexibility index (Phi) is 1.96. The van der Waals surface area contributed by atoms with E-state index in [9.17, 15) is 4.39 Å². The first-order valence-electron chi connectivity index (χ1n) is 5.31. The molecule has 2 aromatic rings. The fourth-order valence-corrected chi connectivity index (χ4v) is 2.38. The minimum Gasteiger partial charge on any atom is -0.411 e. The van der Waals surface area contributed by atoms with Crippen molar-refractivity contribution in [3.63, 3.8) is 0 Å². The molecule has 0 spiro atoms. The first-order valence-corrected chi connectivity index (χ1v) is 5.31. The Morgan fingerprint density at radius 3 is 3.00 bits per heavy atom. The van der Waals surface area contributed by atoms with Gasteiger partial charge in [0.05, 0.1) is 5.69 Å². The van der Waals surface area contributed by atoms with Crippen LogP contribution in [0.1, 0.15) is 24.1 Å². The third kappa shape index (κ3) is 1.23. The van der Waals surface area contributed by atoms with E-state index in [4.69, 9.17) is 5.21 Å². The first kappa shape index (κ1) is 9.39. The van der Waals surface area contributed by atoms with Gasteiger partial charge in [-0.1, -0.05) is 5.16 Å². The van der Waals surface area contributed by atoms with E-state index in [1.54, 1.807) is 6.07 Å². The molecule has 0 amide bonds. The lowest BCUT2D eigenvalue weighted by molar-refractivity contribution is 0.317. The predicted molar refractivity (Wildman–Crippen MR) is 59.5 cm³/mol. The molecule has 3 rings (SSSR count). The number of benzene rings is 1. The van der Waals surface area contributed by atoms with Crippen LogP contribution in [0.25, 0.3) is 10.9 Å². The van der Waals surface area contributed by atoms with Crippen LogP contribution in [0, 0.1) is 5.82 Å². The summed E-state index contributed by atoms with van der Waals surface area (Å²) in [5.41, 5.74) is 3.48. The number of aromatic amines is 1. The van der Waals surface area contributed by atoms with Gasteiger partial charge in [-0.3, -0.25) is 0 Å². The summed E-state index contributed by atoms with van der Waals surface area (Å²) in [7, 11) is 0. The lowest BCUT2D eigenvalue weighted by atomic mass is 9.94. The molecule has 0 saturated heterocycles. The van der Waals surface area contributed by atoms with Crippen molar-refractivity contribution in [2.75, 3.05) is 0 Å². The van der Waals surface area contributed by atoms with Crippen molar-refractivity contribution in [3.8, 4) is 0 Å². The Balaban J connectivity index is 2.33. The molecule has 1 aliphatic rings. The molecule has 82 valence electrons. The number of halogens is 1. The molecule has 0 fully saturated rings. The van der Waals surface area contributed by atoms with Gasteiger partial charge in [0.1, 0.15) is 11.5 Å². The zero-order chi connectivity index (χ0) is 11.1. The van der Waals surface area contributed by atoms with Crippen LogP contribution < -0.4 is 0 Å². The smallest absolute Gasteiger partial charge is 0.123 e. The highest BCUT2D eigenvalue weighted by Gasteiger charge is 2.20. The van der Waals surface area contributed by atoms with E-state index >= 15 is 0 Å². The van der Waals surface area contributed by atoms with E-state index < -0.39 is 0 Å². The SMILES string of the molecule is O/N=C1\CCCc2c1[nH]c1ccc(F)cc21. The summed E-state index contributed by atoms with van der Waals surface area (Å²) in [6, 6.07) is 4.68. The van der Waals surface area contributed by atoms with Gasteiger partial charge in [0.15, 0.2) is 0 Å². The summed E-state index contributed by atoms with van der Waals surface area (Å²) in [6.07, 6.45) is 2.60. The molecule has 1 aromatic heterocycles. The highest BCUT2D eigenvalue weighted by atomic mass is 19.1. The molecular weight excluding hydrogens is 207 g/mol. The summed E-state index contributed by atoms with van der Waals surface area (Å²) in [6.45, 7) is 0. The second kappa shape index (κ2) is 3.33. The number of aromatic nitrogens is 1. The van der Waals surface area contributed by atoms with Gasteiger partial charge in [-0.15, -0.1) is 0 Å². The number of H-pyrrole nitrogens is 1. The average molecular weight is 218 g/mol. The van der Waals surface area contributed by atoms with Gasteiger partial charge >= 0.3 is 0 Å². The van der Waals surface area contributed by atoms with Crippen molar-refractivity contribution in [3.05, 3.63) is 35.3 Å². The monoisotopic (exact) mass is 218 g/mol. The van der Waals surface area contributed by atoms with Crippen molar-refractivity contribution in [1.82, 2.24) is 4.98 Å². The highest BCUT2D eigenvalue weighted by Crippen LogP contribution is 2.29. The molecule has 0 radical (unpaired) electrons. The maximum atomic E-state index is 13.2. The van der Waals surface area contributed by atoms with Crippen LogP contribution in [0.15, 0.2) is 23.4 Å². The molecule has 1 aromatic carbocycles. The minimum absolute atomic E-state index is 0.234. The van der Waals surface area contributed by atoms with E-state index in [2.05, 4.69) is 10.1 Å². The molecule has 0 bridgehead atoms. The molecular formula is C12H11FN2O. The average Bonchev–Trinajstić information content (AvgIpc) is 2.67. The van der Waals surface area contributed by atoms with Crippen LogP contribution in [0.3, 0.4) is 0 Å². The normalized spacial score (nSPS) is 17.9. The van der Waals surface area contributed by atoms with Gasteiger partial charge < -0.3 is 10.2 Å². The Labute approximate surface area is 91.6 Å². The molecule has 1 aliphatic carbocycles. The largest absolute Gasteiger partial charge is 0.411 e. The van der Waals surface area contributed by atoms with Gasteiger partial charge in [0.2, 0.25) is 0 Å². The molecule has 0 aliphatic heterocycles. The van der Waals surface area contributed by atoms with E-state index in [0.717, 1.165) is 41.4 Å². The van der Waals surface area contributed by atoms with Gasteiger partial charge in [0, 0.05) is 10.9 Å². The second-order valence-corrected chi connectivity index (χ2v) is 4.07. The van der Waals surface area contributed by atoms with Gasteiger partial charge in [-0.05, 0) is 43.0 Å². The summed E-state index contributed by atoms with van der Waals surface area (Å²) >= 11 is 0. The summed E-state index contributed by atoms with van der Waals surface area (Å²) in [5, 5.41) is 13.1. The van der Waals surface area contributed by atoms with E-state index in [-0.39, 0.29) is 5.82 Å². The van der Waals surface area contributed by atoms with Crippen LogP contribution in [0.5, 0.6) is 0 Å². The lowest BCUT2D eigenvalue weighted by Gasteiger charge is -2.12. The van der Waals surface area contributed by atoms with Gasteiger partial charge in [-0.25, -0.2) is 4.39 Å². The molecule has 3 nitrogen and oxygen atoms in total. The standard InChI is InChI=1S/C12H11FN2O/c13-7-4-5-10-9(6-7)8-2-1-3-11(15-16)12(8)14-10/h4-6,14,16H,1-3H2/b15-11+. The molecule has 1 heterocycles. The Bertz CT molecular complexity index is 586. The summed E-state index contributed by atoms with van der Waals surface area (Å²) in [5.74, 6) is -0.234. The summed E-state index contributed by atoms with van der Waals surface area (Å²) < 4.78 is 13.2. The van der Waals surface area contributed by atoms with Crippen molar-refractivity contribution in [1.29, 1.82) is 0 Å². The third-order valence-electron chi connectivity index (χ3n) is 3.12. The van der Waals surface area contributed by atoms with Gasteiger partial charge in [0.25, 0.3) is 0 Å². The minimum atomic E-state index is -0.234. The fraction of sp³-hybridized carbons (Fsp3) is 0.250. The molecule has 16 heavy (non-hydrogen) atoms. The lowest BCUT2D eigenvalue weighted by Crippen LogP contribution is -2.10. The predicted octanol–water partition coefficient (Wildman–Crippen LogP) is 2.82. The molecule has 0 saturated carbocycles. The van der Waals surface area contributed by atoms with Crippen LogP contribution in [-0.4, -0.2) is 15.9 Å². The molecule has 0 unspecified atom stereocenters. The Hall–Kier alpha value is -1.84. The van der Waals surface area contributed by atoms with Gasteiger partial charge in [-0.2, -0.15) is 0 Å². The second-order valence-electron chi connectivity index (χ2n) is 4.07. The zero-order valence-corrected chi connectivity index (χ0v) is 8.63. The molecule has 2 N–H and O–H groups in total. The van der Waals surface area contributed by atoms with E-state index in [1.807, 2.05) is 0 Å². The Morgan fingerprint density at radius 1 is 1.31 bits per heavy atom. The number of fused-ring (bicyclic) bond motifs is 3. The van der Waals surface area contributed by atoms with E-state index in [0.29, 0.717) is 5.71 Å². The number of hydrogen-bond acceptors (Lipinski definition) is 2. The number of nitrogens with one attached hydrogen (secondary N) is 1. The maximum Gasteiger partial charge on any atom is 0.123 e. The number of aryl methyl sites for hydroxylation is 1. The summed E-state index contributed by atoms with van der Waals surface area (Å²) in [4.78, 5) is 3.19. The topological polar surface area (TPSA) is 48.4 Å². The first-order chi connectivity index (χ1) is 7.79. The third-order valence-corrected chi connectivity index (χ3v) is 3.12. The van der Waals surface area contributed by atoms with Crippen LogP contribution in [-0.2, 0) is 6.42 Å². The van der Waals surface area contributed by atoms with Crippen molar-refractivity contribution in [2.24, 2.45) is 5.16 Å². The van der Waals surface area contributed by atoms with Crippen molar-refractivity contribution < 1.29 is 9.60 Å². The zero-order valence-electron chi connectivity index (χ0n) is 8.63. The highest BCUT2D eigenvalue weighted by molar-refractivity contribution is 6.06. The van der Waals surface area contributed by atoms with E-state index in [1.165, 1.54) is 12.1 Å². The van der Waals surface area contributed by atoms with Crippen molar-refractivity contribution in [2.45, 2.75) is 19.3 Å². The van der Waals surface area contributed by atoms with Crippen molar-refractivity contribution >= 4 is 16.6 Å². The fourth-order valence-electron chi connectivity index (χ4n) is 2.38. The van der Waals surface area contributed by atoms with Crippen LogP contribution in [0.4, 0.5) is 4.39 Å². The van der Waals surface area contributed by atoms with Crippen LogP contribution in [0.2, 0.25) is 0 Å². The van der Waals surface area contributed by atoms with Crippen LogP contribution >= 0.6 is 0 Å². The molecule has 0 atom stereocenters. The molecule has 4 heteroatoms. The number of hydrogen-bond donors (Lipinski definition) is 2. The number of oxime groups is 1. The number of nitrogens with zero attached hydrogens (tertiary/aromatic N) is 1. The quantitative estimate of drug-likeness (QED) is 0.518. The Morgan fingerprint density at radius 2 is 2.19 bits per heavy atom. The number of rotatable bonds is 0. The maximum absolute atomic E-state index is 13.2.